The third kappa shape index (κ3) is 10.8. The van der Waals surface area contributed by atoms with Crippen molar-refractivity contribution in [1.29, 1.82) is 0 Å². The second-order valence-electron chi connectivity index (χ2n) is 29.6. The number of fused-ring (bicyclic) bond motifs is 18. The third-order valence-corrected chi connectivity index (χ3v) is 25.4. The summed E-state index contributed by atoms with van der Waals surface area (Å²) in [5, 5.41) is 15.1. The van der Waals surface area contributed by atoms with E-state index in [1.807, 2.05) is 35.1 Å². The predicted octanol–water partition coefficient (Wildman–Crippen LogP) is 29.3. The molecule has 0 atom stereocenters. The van der Waals surface area contributed by atoms with Gasteiger partial charge in [-0.25, -0.2) is 4.98 Å². The fourth-order valence-corrected chi connectivity index (χ4v) is 20.0. The largest absolute Gasteiger partial charge is 0.309 e. The number of pyridine rings is 2. The maximum Gasteiger partial charge on any atom is 0.138 e. The van der Waals surface area contributed by atoms with Crippen molar-refractivity contribution in [1.82, 2.24) is 28.2 Å². The molecular formula is C106H66N6S2. The van der Waals surface area contributed by atoms with Crippen LogP contribution in [0.15, 0.2) is 401 Å². The van der Waals surface area contributed by atoms with E-state index < -0.39 is 0 Å². The quantitative estimate of drug-likeness (QED) is 0.137. The van der Waals surface area contributed by atoms with Crippen LogP contribution in [0.3, 0.4) is 0 Å². The molecule has 0 N–H and O–H groups in total. The molecule has 0 radical (unpaired) electrons. The first-order valence-electron chi connectivity index (χ1n) is 38.7. The van der Waals surface area contributed by atoms with E-state index in [0.29, 0.717) is 0 Å². The van der Waals surface area contributed by atoms with Crippen LogP contribution in [0.4, 0.5) is 0 Å². The molecule has 532 valence electrons. The lowest BCUT2D eigenvalue weighted by Crippen LogP contribution is -2.00. The van der Waals surface area contributed by atoms with E-state index in [1.165, 1.54) is 167 Å². The second kappa shape index (κ2) is 26.6. The van der Waals surface area contributed by atoms with Gasteiger partial charge >= 0.3 is 0 Å². The number of nitrogens with zero attached hydrogens (tertiary/aromatic N) is 6. The Morgan fingerprint density at radius 2 is 0.500 bits per heavy atom. The molecule has 0 spiro atoms. The topological polar surface area (TPSA) is 45.5 Å². The van der Waals surface area contributed by atoms with Crippen molar-refractivity contribution >= 4 is 150 Å². The van der Waals surface area contributed by atoms with E-state index in [4.69, 9.17) is 4.98 Å². The number of benzene rings is 16. The van der Waals surface area contributed by atoms with Gasteiger partial charge in [0.05, 0.1) is 49.8 Å². The van der Waals surface area contributed by atoms with Crippen molar-refractivity contribution in [2.24, 2.45) is 0 Å². The molecular weight excluding hydrogens is 1420 g/mol. The SMILES string of the molecule is c1ccc(-c2cc(-c3ccccc3)nc(-n3c4ccccc4c4cc(-c5ccc6c(c5)c5ccccc5n6-c5ccc6sc7ccccc7c6c5)ccc43)c2)cc1.c1ccc(-c2cc(-c3ccncc3)cc(-n3c4ccccc4c4cc(-c5ccc6c(c5)c5ccccc5n6-c5ccc6sc7ccccc7c6c5)ccc43)c2)cc1. The highest BCUT2D eigenvalue weighted by Crippen LogP contribution is 2.45. The van der Waals surface area contributed by atoms with Gasteiger partial charge in [-0.15, -0.1) is 22.7 Å². The second-order valence-corrected chi connectivity index (χ2v) is 31.8. The van der Waals surface area contributed by atoms with E-state index in [2.05, 4.69) is 411 Å². The van der Waals surface area contributed by atoms with Gasteiger partial charge < -0.3 is 13.7 Å². The summed E-state index contributed by atoms with van der Waals surface area (Å²) in [7, 11) is 0. The van der Waals surface area contributed by atoms with Crippen LogP contribution in [0.2, 0.25) is 0 Å². The summed E-state index contributed by atoms with van der Waals surface area (Å²) < 4.78 is 14.9. The fraction of sp³-hybridized carbons (Fsp3) is 0. The first-order chi connectivity index (χ1) is 56.5. The van der Waals surface area contributed by atoms with Crippen LogP contribution >= 0.6 is 22.7 Å². The van der Waals surface area contributed by atoms with E-state index in [0.717, 1.165) is 50.5 Å². The molecule has 0 aliphatic carbocycles. The van der Waals surface area contributed by atoms with Gasteiger partial charge in [0.15, 0.2) is 0 Å². The van der Waals surface area contributed by atoms with Gasteiger partial charge in [0.1, 0.15) is 5.82 Å². The number of hydrogen-bond acceptors (Lipinski definition) is 4. The summed E-state index contributed by atoms with van der Waals surface area (Å²) >= 11 is 3.72. The molecule has 24 aromatic rings. The maximum absolute atomic E-state index is 5.33. The average molecular weight is 1490 g/mol. The van der Waals surface area contributed by atoms with Gasteiger partial charge in [0.2, 0.25) is 0 Å². The van der Waals surface area contributed by atoms with Crippen LogP contribution in [0.25, 0.3) is 217 Å². The fourth-order valence-electron chi connectivity index (χ4n) is 17.8. The first-order valence-corrected chi connectivity index (χ1v) is 40.4. The van der Waals surface area contributed by atoms with Crippen LogP contribution in [-0.2, 0) is 0 Å². The Morgan fingerprint density at radius 1 is 0.175 bits per heavy atom. The molecule has 114 heavy (non-hydrogen) atoms. The van der Waals surface area contributed by atoms with Gasteiger partial charge in [-0.2, -0.15) is 0 Å². The summed E-state index contributed by atoms with van der Waals surface area (Å²) in [5.74, 6) is 0.900. The first kappa shape index (κ1) is 65.4. The van der Waals surface area contributed by atoms with Crippen molar-refractivity contribution in [3.63, 3.8) is 0 Å². The summed E-state index contributed by atoms with van der Waals surface area (Å²) in [6, 6.07) is 142. The number of hydrogen-bond donors (Lipinski definition) is 0. The van der Waals surface area contributed by atoms with Crippen LogP contribution in [-0.4, -0.2) is 28.2 Å². The number of rotatable bonds is 10. The Hall–Kier alpha value is -14.5. The molecule has 0 fully saturated rings. The molecule has 16 aromatic carbocycles. The van der Waals surface area contributed by atoms with E-state index in [-0.39, 0.29) is 0 Å². The minimum atomic E-state index is 0.900. The summed E-state index contributed by atoms with van der Waals surface area (Å²) in [5.41, 5.74) is 26.8. The van der Waals surface area contributed by atoms with E-state index in [1.54, 1.807) is 0 Å². The van der Waals surface area contributed by atoms with Gasteiger partial charge in [-0.3, -0.25) is 9.55 Å². The van der Waals surface area contributed by atoms with Crippen molar-refractivity contribution < 1.29 is 0 Å². The predicted molar refractivity (Wildman–Crippen MR) is 484 cm³/mol. The Labute approximate surface area is 664 Å². The van der Waals surface area contributed by atoms with E-state index in [9.17, 15) is 0 Å². The highest BCUT2D eigenvalue weighted by Gasteiger charge is 2.23. The molecule has 0 saturated heterocycles. The Bertz CT molecular complexity index is 7390. The summed E-state index contributed by atoms with van der Waals surface area (Å²) in [6.07, 6.45) is 3.74. The standard InChI is InChI=1S/2C53H33N3S/c1-3-13-34(14-4-1)38-31-46(35-15-5-2-6-16-35)54-53(32-38)56-48-21-11-8-18-41(48)44-30-37(24-27-50(44)56)36-23-26-49-43(29-36)40-17-7-10-20-47(40)55(49)39-25-28-52-45(33-39)42-19-9-12-22-51(42)57-52;1-2-10-34(11-3-1)38-28-39(35-24-26-54-27-25-35)30-41(29-38)56-49-16-8-5-13-43(49)46-32-37(19-22-51(46)56)36-18-21-50-45(31-36)42-12-4-7-15-48(42)55(50)40-20-23-53-47(33-40)44-14-6-9-17-52(44)57-53/h2*1-33H. The molecule has 8 aromatic heterocycles. The van der Waals surface area contributed by atoms with Crippen molar-refractivity contribution in [2.75, 3.05) is 0 Å². The Kier molecular flexibility index (Phi) is 15.3. The lowest BCUT2D eigenvalue weighted by Gasteiger charge is -2.14. The average Bonchev–Trinajstić information content (AvgIpc) is 1.59. The maximum atomic E-state index is 5.33. The minimum Gasteiger partial charge on any atom is -0.309 e. The molecule has 6 nitrogen and oxygen atoms in total. The highest BCUT2D eigenvalue weighted by molar-refractivity contribution is 7.26. The van der Waals surface area contributed by atoms with Gasteiger partial charge in [0.25, 0.3) is 0 Å². The molecule has 0 unspecified atom stereocenters. The zero-order valence-corrected chi connectivity index (χ0v) is 63.2. The molecule has 0 amide bonds. The molecule has 0 saturated carbocycles. The summed E-state index contributed by atoms with van der Waals surface area (Å²) in [4.78, 5) is 9.63. The van der Waals surface area contributed by atoms with Crippen LogP contribution < -0.4 is 0 Å². The highest BCUT2D eigenvalue weighted by atomic mass is 32.1. The Morgan fingerprint density at radius 3 is 0.930 bits per heavy atom. The van der Waals surface area contributed by atoms with Crippen LogP contribution in [0, 0.1) is 0 Å². The number of para-hydroxylation sites is 4. The molecule has 8 heterocycles. The van der Waals surface area contributed by atoms with E-state index >= 15 is 0 Å². The Balaban J connectivity index is 0.000000135. The zero-order valence-electron chi connectivity index (χ0n) is 61.6. The molecule has 24 rings (SSSR count). The van der Waals surface area contributed by atoms with Crippen molar-refractivity contribution in [3.05, 3.63) is 401 Å². The smallest absolute Gasteiger partial charge is 0.138 e. The van der Waals surface area contributed by atoms with Gasteiger partial charge in [0, 0.05) is 118 Å². The molecule has 0 aliphatic heterocycles. The lowest BCUT2D eigenvalue weighted by molar-refractivity contribution is 1.08. The zero-order chi connectivity index (χ0) is 74.9. The number of aromatic nitrogens is 6. The van der Waals surface area contributed by atoms with Crippen LogP contribution in [0.5, 0.6) is 0 Å². The lowest BCUT2D eigenvalue weighted by atomic mass is 9.98. The molecule has 0 aliphatic rings. The third-order valence-electron chi connectivity index (χ3n) is 23.1. The normalized spacial score (nSPS) is 11.9. The van der Waals surface area contributed by atoms with Crippen molar-refractivity contribution in [2.45, 2.75) is 0 Å². The minimum absolute atomic E-state index is 0.900. The van der Waals surface area contributed by atoms with Crippen molar-refractivity contribution in [3.8, 4) is 89.8 Å². The van der Waals surface area contributed by atoms with Crippen LogP contribution in [0.1, 0.15) is 0 Å². The molecule has 8 heteroatoms. The monoisotopic (exact) mass is 1490 g/mol. The number of thiophene rings is 2. The van der Waals surface area contributed by atoms with Gasteiger partial charge in [-0.05, 0) is 219 Å². The summed E-state index contributed by atoms with van der Waals surface area (Å²) in [6.45, 7) is 0. The molecule has 0 bridgehead atoms. The van der Waals surface area contributed by atoms with Gasteiger partial charge in [-0.1, -0.05) is 224 Å².